The van der Waals surface area contributed by atoms with Gasteiger partial charge in [-0.05, 0) is 30.5 Å². The molecule has 21 heavy (non-hydrogen) atoms. The number of hydrogen-bond acceptors (Lipinski definition) is 6. The molecule has 1 aromatic heterocycles. The molecule has 0 amide bonds. The Balaban J connectivity index is 1.92. The Kier molecular flexibility index (Phi) is 5.64. The van der Waals surface area contributed by atoms with E-state index in [0.717, 1.165) is 17.7 Å². The van der Waals surface area contributed by atoms with Gasteiger partial charge >= 0.3 is 0 Å². The van der Waals surface area contributed by atoms with E-state index >= 15 is 0 Å². The van der Waals surface area contributed by atoms with Gasteiger partial charge in [0.1, 0.15) is 5.75 Å². The third kappa shape index (κ3) is 4.75. The first-order chi connectivity index (χ1) is 10.1. The smallest absolute Gasteiger partial charge is 0.243 e. The fourth-order valence-corrected chi connectivity index (χ4v) is 2.57. The molecule has 114 valence electrons. The minimum Gasteiger partial charge on any atom is -0.508 e. The van der Waals surface area contributed by atoms with Crippen molar-refractivity contribution in [3.05, 3.63) is 41.5 Å². The first-order valence-electron chi connectivity index (χ1n) is 7.06. The lowest BCUT2D eigenvalue weighted by Crippen LogP contribution is -2.13. The number of phenols is 1. The Bertz CT molecular complexity index is 556. The summed E-state index contributed by atoms with van der Waals surface area (Å²) in [5.74, 6) is 2.14. The molecule has 2 aromatic rings. The van der Waals surface area contributed by atoms with E-state index in [2.05, 4.69) is 24.0 Å². The highest BCUT2D eigenvalue weighted by atomic mass is 32.2. The topological polar surface area (TPSA) is 85.2 Å². The maximum atomic E-state index is 9.26. The van der Waals surface area contributed by atoms with Crippen molar-refractivity contribution >= 4 is 11.8 Å². The molecular weight excluding hydrogens is 286 g/mol. The predicted molar refractivity (Wildman–Crippen MR) is 84.1 cm³/mol. The number of hydrogen-bond donors (Lipinski definition) is 2. The van der Waals surface area contributed by atoms with Crippen LogP contribution in [-0.2, 0) is 12.2 Å². The summed E-state index contributed by atoms with van der Waals surface area (Å²) in [6.07, 6.45) is 1.72. The van der Waals surface area contributed by atoms with Crippen molar-refractivity contribution in [1.29, 1.82) is 0 Å². The van der Waals surface area contributed by atoms with Gasteiger partial charge in [-0.25, -0.2) is 0 Å². The molecule has 0 saturated heterocycles. The van der Waals surface area contributed by atoms with Crippen LogP contribution in [0.4, 0.5) is 0 Å². The van der Waals surface area contributed by atoms with Crippen LogP contribution in [0.15, 0.2) is 28.8 Å². The number of aromatic nitrogens is 2. The molecule has 0 spiro atoms. The number of nitrogens with zero attached hydrogens (tertiary/aromatic N) is 2. The SMILES string of the molecule is CCC(C)SCc1noc([C@@H](N)Cc2ccc(O)cc2)n1. The molecule has 0 bridgehead atoms. The molecule has 2 atom stereocenters. The number of aromatic hydroxyl groups is 1. The molecule has 5 nitrogen and oxygen atoms in total. The summed E-state index contributed by atoms with van der Waals surface area (Å²) >= 11 is 1.81. The number of phenolic OH excluding ortho intramolecular Hbond substituents is 1. The van der Waals surface area contributed by atoms with Crippen molar-refractivity contribution in [2.24, 2.45) is 5.73 Å². The van der Waals surface area contributed by atoms with Crippen LogP contribution < -0.4 is 5.73 Å². The fraction of sp³-hybridized carbons (Fsp3) is 0.467. The zero-order chi connectivity index (χ0) is 15.2. The Labute approximate surface area is 128 Å². The first kappa shape index (κ1) is 15.9. The molecule has 0 aliphatic carbocycles. The molecule has 1 unspecified atom stereocenters. The van der Waals surface area contributed by atoms with Crippen molar-refractivity contribution in [1.82, 2.24) is 10.1 Å². The molecule has 1 aromatic carbocycles. The Morgan fingerprint density at radius 3 is 2.71 bits per heavy atom. The van der Waals surface area contributed by atoms with Gasteiger partial charge in [0.15, 0.2) is 5.82 Å². The van der Waals surface area contributed by atoms with Crippen LogP contribution >= 0.6 is 11.8 Å². The lowest BCUT2D eigenvalue weighted by Gasteiger charge is -2.06. The maximum absolute atomic E-state index is 9.26. The molecule has 0 saturated carbocycles. The third-order valence-electron chi connectivity index (χ3n) is 3.26. The van der Waals surface area contributed by atoms with Crippen molar-refractivity contribution in [3.63, 3.8) is 0 Å². The highest BCUT2D eigenvalue weighted by molar-refractivity contribution is 7.99. The van der Waals surface area contributed by atoms with Crippen molar-refractivity contribution in [3.8, 4) is 5.75 Å². The van der Waals surface area contributed by atoms with Crippen molar-refractivity contribution < 1.29 is 9.63 Å². The summed E-state index contributed by atoms with van der Waals surface area (Å²) < 4.78 is 5.24. The van der Waals surface area contributed by atoms with Gasteiger partial charge in [0, 0.05) is 5.25 Å². The van der Waals surface area contributed by atoms with Gasteiger partial charge in [0.2, 0.25) is 5.89 Å². The maximum Gasteiger partial charge on any atom is 0.243 e. The molecule has 1 heterocycles. The number of nitrogens with two attached hydrogens (primary N) is 1. The molecular formula is C15H21N3O2S. The molecule has 6 heteroatoms. The Morgan fingerprint density at radius 1 is 1.33 bits per heavy atom. The molecule has 3 N–H and O–H groups in total. The van der Waals surface area contributed by atoms with E-state index in [1.165, 1.54) is 0 Å². The molecule has 2 rings (SSSR count). The minimum absolute atomic E-state index is 0.245. The number of thioether (sulfide) groups is 1. The minimum atomic E-state index is -0.329. The highest BCUT2D eigenvalue weighted by Crippen LogP contribution is 2.20. The van der Waals surface area contributed by atoms with Crippen LogP contribution in [-0.4, -0.2) is 20.5 Å². The predicted octanol–water partition coefficient (Wildman–Crippen LogP) is 3.05. The van der Waals surface area contributed by atoms with Crippen LogP contribution in [0.3, 0.4) is 0 Å². The zero-order valence-electron chi connectivity index (χ0n) is 12.3. The average molecular weight is 307 g/mol. The van der Waals surface area contributed by atoms with E-state index in [9.17, 15) is 5.11 Å². The van der Waals surface area contributed by atoms with E-state index in [1.807, 2.05) is 12.1 Å². The summed E-state index contributed by atoms with van der Waals surface area (Å²) in [5.41, 5.74) is 7.12. The van der Waals surface area contributed by atoms with E-state index in [4.69, 9.17) is 10.3 Å². The molecule has 0 aliphatic rings. The molecule has 0 fully saturated rings. The summed E-state index contributed by atoms with van der Waals surface area (Å²) in [6.45, 7) is 4.34. The van der Waals surface area contributed by atoms with Crippen LogP contribution in [0.5, 0.6) is 5.75 Å². The van der Waals surface area contributed by atoms with Gasteiger partial charge in [-0.15, -0.1) is 0 Å². The van der Waals surface area contributed by atoms with Crippen molar-refractivity contribution in [2.75, 3.05) is 0 Å². The van der Waals surface area contributed by atoms with E-state index in [0.29, 0.717) is 23.4 Å². The Hall–Kier alpha value is -1.53. The van der Waals surface area contributed by atoms with Gasteiger partial charge in [-0.2, -0.15) is 16.7 Å². The molecule has 0 aliphatic heterocycles. The largest absolute Gasteiger partial charge is 0.508 e. The van der Waals surface area contributed by atoms with E-state index in [-0.39, 0.29) is 11.8 Å². The van der Waals surface area contributed by atoms with Crippen LogP contribution in [0.25, 0.3) is 0 Å². The number of benzene rings is 1. The summed E-state index contributed by atoms with van der Waals surface area (Å²) in [7, 11) is 0. The highest BCUT2D eigenvalue weighted by Gasteiger charge is 2.16. The Morgan fingerprint density at radius 2 is 2.05 bits per heavy atom. The van der Waals surface area contributed by atoms with Crippen molar-refractivity contribution in [2.45, 2.75) is 43.7 Å². The quantitative estimate of drug-likeness (QED) is 0.817. The molecule has 0 radical (unpaired) electrons. The summed E-state index contributed by atoms with van der Waals surface area (Å²) in [6, 6.07) is 6.63. The normalized spacial score (nSPS) is 14.0. The average Bonchev–Trinajstić information content (AvgIpc) is 2.96. The lowest BCUT2D eigenvalue weighted by atomic mass is 10.1. The summed E-state index contributed by atoms with van der Waals surface area (Å²) in [4.78, 5) is 4.36. The summed E-state index contributed by atoms with van der Waals surface area (Å²) in [5, 5.41) is 13.8. The monoisotopic (exact) mass is 307 g/mol. The van der Waals surface area contributed by atoms with E-state index < -0.39 is 0 Å². The first-order valence-corrected chi connectivity index (χ1v) is 8.11. The van der Waals surface area contributed by atoms with E-state index in [1.54, 1.807) is 23.9 Å². The van der Waals surface area contributed by atoms with Crippen LogP contribution in [0.1, 0.15) is 43.6 Å². The van der Waals surface area contributed by atoms with Gasteiger partial charge in [0.05, 0.1) is 11.8 Å². The second-order valence-corrected chi connectivity index (χ2v) is 6.48. The van der Waals surface area contributed by atoms with Crippen LogP contribution in [0, 0.1) is 0 Å². The van der Waals surface area contributed by atoms with Gasteiger partial charge in [-0.1, -0.05) is 31.1 Å². The van der Waals surface area contributed by atoms with Gasteiger partial charge in [0.25, 0.3) is 0 Å². The van der Waals surface area contributed by atoms with Crippen LogP contribution in [0.2, 0.25) is 0 Å². The standard InChI is InChI=1S/C15H21N3O2S/c1-3-10(2)21-9-14-17-15(20-18-14)13(16)8-11-4-6-12(19)7-5-11/h4-7,10,13,19H,3,8-9,16H2,1-2H3/t10?,13-/m0/s1. The fourth-order valence-electron chi connectivity index (χ4n) is 1.78. The third-order valence-corrected chi connectivity index (χ3v) is 4.59. The number of rotatable bonds is 7. The lowest BCUT2D eigenvalue weighted by molar-refractivity contribution is 0.351. The second kappa shape index (κ2) is 7.47. The second-order valence-electron chi connectivity index (χ2n) is 5.06. The van der Waals surface area contributed by atoms with Gasteiger partial charge < -0.3 is 15.4 Å². The van der Waals surface area contributed by atoms with Gasteiger partial charge in [-0.3, -0.25) is 0 Å². The zero-order valence-corrected chi connectivity index (χ0v) is 13.1.